The van der Waals surface area contributed by atoms with E-state index in [4.69, 9.17) is 9.15 Å². The largest absolute Gasteiger partial charge is 0.437 e. The van der Waals surface area contributed by atoms with E-state index < -0.39 is 0 Å². The van der Waals surface area contributed by atoms with Gasteiger partial charge in [-0.3, -0.25) is 4.79 Å². The summed E-state index contributed by atoms with van der Waals surface area (Å²) in [5, 5.41) is 2.71. The van der Waals surface area contributed by atoms with E-state index in [1.54, 1.807) is 6.08 Å². The van der Waals surface area contributed by atoms with Gasteiger partial charge in [-0.1, -0.05) is 24.3 Å². The molecule has 0 unspecified atom stereocenters. The van der Waals surface area contributed by atoms with Gasteiger partial charge in [0.15, 0.2) is 5.58 Å². The van der Waals surface area contributed by atoms with Crippen molar-refractivity contribution in [2.45, 2.75) is 6.92 Å². The Kier molecular flexibility index (Phi) is 5.29. The first-order valence-corrected chi connectivity index (χ1v) is 6.69. The molecule has 0 spiro atoms. The highest BCUT2D eigenvalue weighted by molar-refractivity contribution is 5.91. The van der Waals surface area contributed by atoms with Crippen molar-refractivity contribution in [2.24, 2.45) is 0 Å². The molecule has 21 heavy (non-hydrogen) atoms. The van der Waals surface area contributed by atoms with Gasteiger partial charge in [0.1, 0.15) is 5.52 Å². The van der Waals surface area contributed by atoms with E-state index in [0.29, 0.717) is 31.2 Å². The molecular weight excluding hydrogens is 268 g/mol. The molecule has 0 aliphatic rings. The van der Waals surface area contributed by atoms with Crippen molar-refractivity contribution in [1.29, 1.82) is 0 Å². The zero-order valence-electron chi connectivity index (χ0n) is 12.0. The van der Waals surface area contributed by atoms with Crippen LogP contribution in [-0.4, -0.2) is 30.6 Å². The van der Waals surface area contributed by atoms with Crippen molar-refractivity contribution < 1.29 is 13.9 Å². The van der Waals surface area contributed by atoms with Crippen molar-refractivity contribution in [2.75, 3.05) is 19.8 Å². The molecule has 5 nitrogen and oxygen atoms in total. The lowest BCUT2D eigenvalue weighted by molar-refractivity contribution is -0.116. The number of nitrogens with zero attached hydrogens (tertiary/aromatic N) is 1. The summed E-state index contributed by atoms with van der Waals surface area (Å²) in [4.78, 5) is 15.8. The van der Waals surface area contributed by atoms with Gasteiger partial charge in [-0.05, 0) is 19.1 Å². The standard InChI is InChI=1S/C16H18N2O3/c1-12(2)11-20-10-9-17-15(19)7-8-16-18-13-5-3-4-6-14(13)21-16/h3-8H,1,9-11H2,2H3,(H,17,19)/b8-7+. The highest BCUT2D eigenvalue weighted by atomic mass is 16.5. The summed E-state index contributed by atoms with van der Waals surface area (Å²) in [5.41, 5.74) is 2.42. The van der Waals surface area contributed by atoms with Crippen LogP contribution in [0.3, 0.4) is 0 Å². The molecule has 0 bridgehead atoms. The van der Waals surface area contributed by atoms with Gasteiger partial charge in [-0.25, -0.2) is 4.98 Å². The van der Waals surface area contributed by atoms with Crippen LogP contribution in [0.4, 0.5) is 0 Å². The van der Waals surface area contributed by atoms with Gasteiger partial charge in [-0.15, -0.1) is 0 Å². The van der Waals surface area contributed by atoms with Crippen LogP contribution in [0.25, 0.3) is 17.2 Å². The number of oxazole rings is 1. The number of ether oxygens (including phenoxy) is 1. The number of nitrogens with one attached hydrogen (secondary N) is 1. The quantitative estimate of drug-likeness (QED) is 0.482. The van der Waals surface area contributed by atoms with Crippen LogP contribution in [0.1, 0.15) is 12.8 Å². The summed E-state index contributed by atoms with van der Waals surface area (Å²) >= 11 is 0. The monoisotopic (exact) mass is 286 g/mol. The summed E-state index contributed by atoms with van der Waals surface area (Å²) < 4.78 is 10.8. The van der Waals surface area contributed by atoms with Crippen molar-refractivity contribution in [3.63, 3.8) is 0 Å². The molecule has 2 aromatic rings. The van der Waals surface area contributed by atoms with Gasteiger partial charge in [0.2, 0.25) is 11.8 Å². The lowest BCUT2D eigenvalue weighted by atomic mass is 10.3. The van der Waals surface area contributed by atoms with Crippen molar-refractivity contribution in [3.8, 4) is 0 Å². The van der Waals surface area contributed by atoms with Crippen LogP contribution in [0.2, 0.25) is 0 Å². The number of aromatic nitrogens is 1. The SMILES string of the molecule is C=C(C)COCCNC(=O)/C=C/c1nc2ccccc2o1. The van der Waals surface area contributed by atoms with E-state index >= 15 is 0 Å². The summed E-state index contributed by atoms with van der Waals surface area (Å²) in [6.07, 6.45) is 2.94. The van der Waals surface area contributed by atoms with Crippen molar-refractivity contribution >= 4 is 23.1 Å². The summed E-state index contributed by atoms with van der Waals surface area (Å²) in [7, 11) is 0. The first kappa shape index (κ1) is 15.0. The number of fused-ring (bicyclic) bond motifs is 1. The molecule has 0 fully saturated rings. The lowest BCUT2D eigenvalue weighted by Crippen LogP contribution is -2.25. The maximum absolute atomic E-state index is 11.6. The maximum Gasteiger partial charge on any atom is 0.244 e. The molecule has 1 aromatic carbocycles. The van der Waals surface area contributed by atoms with Crippen molar-refractivity contribution in [3.05, 3.63) is 48.4 Å². The first-order valence-electron chi connectivity index (χ1n) is 6.69. The third-order valence-corrected chi connectivity index (χ3v) is 2.58. The number of amides is 1. The highest BCUT2D eigenvalue weighted by Gasteiger charge is 2.02. The number of hydrogen-bond donors (Lipinski definition) is 1. The van der Waals surface area contributed by atoms with E-state index in [1.807, 2.05) is 31.2 Å². The van der Waals surface area contributed by atoms with E-state index in [2.05, 4.69) is 16.9 Å². The molecular formula is C16H18N2O3. The Bertz CT molecular complexity index is 625. The van der Waals surface area contributed by atoms with Gasteiger partial charge >= 0.3 is 0 Å². The van der Waals surface area contributed by atoms with Crippen molar-refractivity contribution in [1.82, 2.24) is 10.3 Å². The molecule has 1 aromatic heterocycles. The van der Waals surface area contributed by atoms with Gasteiger partial charge in [-0.2, -0.15) is 0 Å². The molecule has 0 saturated carbocycles. The summed E-state index contributed by atoms with van der Waals surface area (Å²) in [6.45, 7) is 7.03. The maximum atomic E-state index is 11.6. The third kappa shape index (κ3) is 4.89. The Balaban J connectivity index is 1.78. The van der Waals surface area contributed by atoms with Crippen LogP contribution in [-0.2, 0) is 9.53 Å². The summed E-state index contributed by atoms with van der Waals surface area (Å²) in [6, 6.07) is 7.45. The predicted octanol–water partition coefficient (Wildman–Crippen LogP) is 2.55. The average Bonchev–Trinajstić information content (AvgIpc) is 2.87. The van der Waals surface area contributed by atoms with Crippen LogP contribution < -0.4 is 5.32 Å². The number of para-hydroxylation sites is 2. The zero-order chi connectivity index (χ0) is 15.1. The lowest BCUT2D eigenvalue weighted by Gasteiger charge is -2.03. The summed E-state index contributed by atoms with van der Waals surface area (Å²) in [5.74, 6) is 0.195. The number of carbonyl (C=O) groups excluding carboxylic acids is 1. The Morgan fingerprint density at radius 2 is 2.29 bits per heavy atom. The zero-order valence-corrected chi connectivity index (χ0v) is 12.0. The number of hydrogen-bond acceptors (Lipinski definition) is 4. The normalized spacial score (nSPS) is 11.1. The average molecular weight is 286 g/mol. The van der Waals surface area contributed by atoms with E-state index in [-0.39, 0.29) is 5.91 Å². The third-order valence-electron chi connectivity index (χ3n) is 2.58. The molecule has 1 heterocycles. The number of carbonyl (C=O) groups is 1. The minimum Gasteiger partial charge on any atom is -0.437 e. The second-order valence-electron chi connectivity index (χ2n) is 4.65. The fraction of sp³-hybridized carbons (Fsp3) is 0.250. The van der Waals surface area contributed by atoms with Gasteiger partial charge in [0.25, 0.3) is 0 Å². The molecule has 0 saturated heterocycles. The number of rotatable bonds is 7. The van der Waals surface area contributed by atoms with Crippen LogP contribution in [0.5, 0.6) is 0 Å². The Hall–Kier alpha value is -2.40. The molecule has 0 aliphatic carbocycles. The first-order chi connectivity index (χ1) is 10.1. The topological polar surface area (TPSA) is 64.4 Å². The second kappa shape index (κ2) is 7.40. The van der Waals surface area contributed by atoms with Crippen LogP contribution in [0.15, 0.2) is 46.9 Å². The minimum atomic E-state index is -0.212. The molecule has 1 amide bonds. The molecule has 0 radical (unpaired) electrons. The van der Waals surface area contributed by atoms with Crippen LogP contribution in [0, 0.1) is 0 Å². The number of benzene rings is 1. The molecule has 0 aliphatic heterocycles. The second-order valence-corrected chi connectivity index (χ2v) is 4.65. The van der Waals surface area contributed by atoms with Gasteiger partial charge < -0.3 is 14.5 Å². The minimum absolute atomic E-state index is 0.212. The van der Waals surface area contributed by atoms with Gasteiger partial charge in [0.05, 0.1) is 13.2 Å². The van der Waals surface area contributed by atoms with E-state index in [0.717, 1.165) is 11.1 Å². The smallest absolute Gasteiger partial charge is 0.244 e. The fourth-order valence-electron chi connectivity index (χ4n) is 1.66. The molecule has 0 atom stereocenters. The van der Waals surface area contributed by atoms with E-state index in [1.165, 1.54) is 6.08 Å². The fourth-order valence-corrected chi connectivity index (χ4v) is 1.66. The molecule has 2 rings (SSSR count). The Morgan fingerprint density at radius 1 is 1.48 bits per heavy atom. The molecule has 1 N–H and O–H groups in total. The Labute approximate surface area is 123 Å². The van der Waals surface area contributed by atoms with Gasteiger partial charge in [0, 0.05) is 18.7 Å². The highest BCUT2D eigenvalue weighted by Crippen LogP contribution is 2.15. The van der Waals surface area contributed by atoms with Crippen LogP contribution >= 0.6 is 0 Å². The van der Waals surface area contributed by atoms with E-state index in [9.17, 15) is 4.79 Å². The molecule has 110 valence electrons. The predicted molar refractivity (Wildman–Crippen MR) is 81.7 cm³/mol. The molecule has 5 heteroatoms. The Morgan fingerprint density at radius 3 is 3.05 bits per heavy atom.